The van der Waals surface area contributed by atoms with Crippen molar-refractivity contribution in [3.8, 4) is 11.5 Å². The van der Waals surface area contributed by atoms with Gasteiger partial charge >= 0.3 is 11.8 Å². The first kappa shape index (κ1) is 36.9. The van der Waals surface area contributed by atoms with Crippen LogP contribution in [0.2, 0.25) is 0 Å². The van der Waals surface area contributed by atoms with Crippen molar-refractivity contribution in [3.63, 3.8) is 0 Å². The number of fused-ring (bicyclic) bond motifs is 2. The van der Waals surface area contributed by atoms with Crippen LogP contribution >= 0.6 is 0 Å². The van der Waals surface area contributed by atoms with Crippen LogP contribution in [-0.4, -0.2) is 59.8 Å². The topological polar surface area (TPSA) is 266 Å². The number of rotatable bonds is 8. The average molecular weight is 771 g/mol. The van der Waals surface area contributed by atoms with Crippen molar-refractivity contribution in [3.05, 3.63) is 120 Å². The summed E-state index contributed by atoms with van der Waals surface area (Å²) in [6.45, 7) is 0. The van der Waals surface area contributed by atoms with E-state index in [9.17, 15) is 55.3 Å². The molecule has 0 atom stereocenters. The molecule has 4 amide bonds. The number of nitrogens with one attached hydrogen (secondary N) is 4. The summed E-state index contributed by atoms with van der Waals surface area (Å²) in [6, 6.07) is 23.7. The van der Waals surface area contributed by atoms with E-state index >= 15 is 0 Å². The summed E-state index contributed by atoms with van der Waals surface area (Å²) in [7, 11) is -9.55. The van der Waals surface area contributed by atoms with Gasteiger partial charge in [-0.3, -0.25) is 28.3 Å². The van der Waals surface area contributed by atoms with E-state index in [0.717, 1.165) is 12.1 Å². The molecule has 6 aromatic carbocycles. The van der Waals surface area contributed by atoms with E-state index in [4.69, 9.17) is 0 Å². The van der Waals surface area contributed by atoms with Crippen LogP contribution in [0.1, 0.15) is 20.7 Å². The van der Waals surface area contributed by atoms with Crippen molar-refractivity contribution in [2.45, 2.75) is 9.79 Å². The molecule has 6 rings (SSSR count). The van der Waals surface area contributed by atoms with Crippen LogP contribution in [0.15, 0.2) is 119 Å². The molecule has 0 aliphatic rings. The number of hydrogen-bond donors (Lipinski definition) is 8. The number of carbonyl (C=O) groups excluding carboxylic acids is 4. The SMILES string of the molecule is O=C(Nc1ccc(C(=O)Nc2cccc3cc(O)cc(S(=O)(=O)O)c23)cc1)C(=O)Nc1ccc(C(=O)Nc2cccc3cc(O)cc(S(=O)(=O)O)c23)cc1. The van der Waals surface area contributed by atoms with Gasteiger partial charge in [-0.05, 0) is 83.6 Å². The van der Waals surface area contributed by atoms with Gasteiger partial charge < -0.3 is 31.5 Å². The molecular weight excluding hydrogens is 745 g/mol. The van der Waals surface area contributed by atoms with E-state index in [-0.39, 0.29) is 55.4 Å². The van der Waals surface area contributed by atoms with Crippen LogP contribution in [0.25, 0.3) is 21.5 Å². The van der Waals surface area contributed by atoms with E-state index in [1.165, 1.54) is 97.1 Å². The first-order valence-electron chi connectivity index (χ1n) is 15.4. The Hall–Kier alpha value is -6.86. The van der Waals surface area contributed by atoms with Crippen molar-refractivity contribution < 1.29 is 55.3 Å². The summed E-state index contributed by atoms with van der Waals surface area (Å²) < 4.78 is 67.3. The largest absolute Gasteiger partial charge is 0.508 e. The minimum Gasteiger partial charge on any atom is -0.508 e. The number of aromatic hydroxyl groups is 2. The maximum atomic E-state index is 13.0. The third-order valence-electron chi connectivity index (χ3n) is 7.92. The third-order valence-corrected chi connectivity index (χ3v) is 9.67. The zero-order valence-electron chi connectivity index (χ0n) is 27.3. The summed E-state index contributed by atoms with van der Waals surface area (Å²) in [5.41, 5.74) is 0.541. The number of hydrogen-bond acceptors (Lipinski definition) is 10. The van der Waals surface area contributed by atoms with Crippen molar-refractivity contribution in [2.24, 2.45) is 0 Å². The first-order chi connectivity index (χ1) is 25.5. The monoisotopic (exact) mass is 770 g/mol. The van der Waals surface area contributed by atoms with Crippen LogP contribution < -0.4 is 21.3 Å². The molecule has 0 aliphatic carbocycles. The van der Waals surface area contributed by atoms with Gasteiger partial charge in [0.2, 0.25) is 0 Å². The maximum absolute atomic E-state index is 13.0. The molecule has 0 spiro atoms. The third kappa shape index (κ3) is 7.96. The van der Waals surface area contributed by atoms with Crippen LogP contribution in [0.5, 0.6) is 11.5 Å². The summed E-state index contributed by atoms with van der Waals surface area (Å²) in [4.78, 5) is 50.0. The Balaban J connectivity index is 1.08. The summed E-state index contributed by atoms with van der Waals surface area (Å²) in [6.07, 6.45) is 0. The Bertz CT molecular complexity index is 2560. The molecule has 0 saturated heterocycles. The van der Waals surface area contributed by atoms with Gasteiger partial charge in [0.25, 0.3) is 32.1 Å². The van der Waals surface area contributed by atoms with Gasteiger partial charge in [0.1, 0.15) is 21.3 Å². The molecule has 0 heterocycles. The van der Waals surface area contributed by atoms with E-state index < -0.39 is 65.2 Å². The number of amides is 4. The molecule has 0 saturated carbocycles. The van der Waals surface area contributed by atoms with Gasteiger partial charge in [-0.2, -0.15) is 16.8 Å². The molecule has 6 aromatic rings. The zero-order valence-corrected chi connectivity index (χ0v) is 28.9. The normalized spacial score (nSPS) is 11.5. The molecule has 0 aromatic heterocycles. The molecule has 0 bridgehead atoms. The fourth-order valence-corrected chi connectivity index (χ4v) is 7.05. The van der Waals surface area contributed by atoms with Gasteiger partial charge in [0, 0.05) is 45.4 Å². The predicted octanol–water partition coefficient (Wildman–Crippen LogP) is 4.98. The van der Waals surface area contributed by atoms with Crippen molar-refractivity contribution >= 4 is 88.2 Å². The van der Waals surface area contributed by atoms with Crippen LogP contribution in [-0.2, 0) is 29.8 Å². The lowest BCUT2D eigenvalue weighted by molar-refractivity contribution is -0.132. The van der Waals surface area contributed by atoms with E-state index in [1.807, 2.05) is 0 Å². The van der Waals surface area contributed by atoms with Crippen LogP contribution in [0.4, 0.5) is 22.7 Å². The minimum atomic E-state index is -4.78. The maximum Gasteiger partial charge on any atom is 0.314 e. The Morgan fingerprint density at radius 3 is 1.15 bits per heavy atom. The van der Waals surface area contributed by atoms with Crippen molar-refractivity contribution in [1.29, 1.82) is 0 Å². The van der Waals surface area contributed by atoms with E-state index in [1.54, 1.807) is 0 Å². The van der Waals surface area contributed by atoms with Gasteiger partial charge in [-0.15, -0.1) is 0 Å². The smallest absolute Gasteiger partial charge is 0.314 e. The Morgan fingerprint density at radius 1 is 0.463 bits per heavy atom. The lowest BCUT2D eigenvalue weighted by Crippen LogP contribution is -2.29. The second-order valence-corrected chi connectivity index (χ2v) is 14.4. The minimum absolute atomic E-state index is 0.0284. The molecule has 0 unspecified atom stereocenters. The van der Waals surface area contributed by atoms with Gasteiger partial charge in [-0.1, -0.05) is 24.3 Å². The number of phenolic OH excluding ortho intramolecular Hbond substituents is 2. The molecule has 0 aliphatic heterocycles. The van der Waals surface area contributed by atoms with E-state index in [2.05, 4.69) is 21.3 Å². The van der Waals surface area contributed by atoms with Gasteiger partial charge in [-0.25, -0.2) is 0 Å². The fourth-order valence-electron chi connectivity index (χ4n) is 5.54. The second kappa shape index (κ2) is 14.3. The highest BCUT2D eigenvalue weighted by atomic mass is 32.2. The number of anilines is 4. The summed E-state index contributed by atoms with van der Waals surface area (Å²) >= 11 is 0. The predicted molar refractivity (Wildman–Crippen MR) is 197 cm³/mol. The number of benzene rings is 6. The summed E-state index contributed by atoms with van der Waals surface area (Å²) in [5.74, 6) is -4.31. The lowest BCUT2D eigenvalue weighted by Gasteiger charge is -2.13. The first-order valence-corrected chi connectivity index (χ1v) is 18.3. The highest BCUT2D eigenvalue weighted by Gasteiger charge is 2.22. The zero-order chi connectivity index (χ0) is 38.9. The van der Waals surface area contributed by atoms with Gasteiger partial charge in [0.05, 0.1) is 11.4 Å². The molecule has 8 N–H and O–H groups in total. The Labute approximate surface area is 305 Å². The highest BCUT2D eigenvalue weighted by Crippen LogP contribution is 2.35. The van der Waals surface area contributed by atoms with Crippen LogP contribution in [0.3, 0.4) is 0 Å². The van der Waals surface area contributed by atoms with E-state index in [0.29, 0.717) is 0 Å². The van der Waals surface area contributed by atoms with Crippen LogP contribution in [0, 0.1) is 0 Å². The average Bonchev–Trinajstić information content (AvgIpc) is 3.10. The second-order valence-electron chi connectivity index (χ2n) is 11.6. The number of carbonyl (C=O) groups is 4. The molecule has 54 heavy (non-hydrogen) atoms. The fraction of sp³-hybridized carbons (Fsp3) is 0. The standard InChI is InChI=1S/C36H26N4O12S2/c41-25-15-21-3-1-5-27(31(21)29(17-25)53(47,48)49)39-33(43)19-7-11-23(12-8-19)37-35(45)36(46)38-24-13-9-20(10-14-24)34(44)40-28-6-2-4-22-16-26(42)18-30(32(22)28)54(50,51)52/h1-18,41-42H,(H,37,45)(H,38,46)(H,39,43)(H,40,44)(H,47,48,49)(H,50,51,52). The molecular formula is C36H26N4O12S2. The quantitative estimate of drug-likeness (QED) is 0.0753. The lowest BCUT2D eigenvalue weighted by atomic mass is 10.1. The molecule has 18 heteroatoms. The van der Waals surface area contributed by atoms with Gasteiger partial charge in [0.15, 0.2) is 0 Å². The Morgan fingerprint density at radius 2 is 0.815 bits per heavy atom. The van der Waals surface area contributed by atoms with Crippen molar-refractivity contribution in [2.75, 3.05) is 21.3 Å². The molecule has 0 fully saturated rings. The molecule has 274 valence electrons. The molecule has 0 radical (unpaired) electrons. The number of phenols is 2. The molecule has 16 nitrogen and oxygen atoms in total. The highest BCUT2D eigenvalue weighted by molar-refractivity contribution is 7.86. The van der Waals surface area contributed by atoms with Crippen molar-refractivity contribution in [1.82, 2.24) is 0 Å². The Kier molecular flexibility index (Phi) is 9.76. The summed E-state index contributed by atoms with van der Waals surface area (Å²) in [5, 5.41) is 30.1.